The van der Waals surface area contributed by atoms with Gasteiger partial charge in [-0.2, -0.15) is 13.2 Å². The van der Waals surface area contributed by atoms with Crippen LogP contribution in [0.1, 0.15) is 11.3 Å². The van der Waals surface area contributed by atoms with E-state index in [0.29, 0.717) is 0 Å². The second kappa shape index (κ2) is 3.97. The number of rotatable bonds is 2. The smallest absolute Gasteiger partial charge is 0.261 e. The molecule has 0 bridgehead atoms. The third kappa shape index (κ3) is 2.37. The summed E-state index contributed by atoms with van der Waals surface area (Å²) in [6.45, 7) is -0.397. The van der Waals surface area contributed by atoms with E-state index in [1.165, 1.54) is 12.3 Å². The number of azide groups is 1. The number of halogens is 3. The molecule has 4 nitrogen and oxygen atoms in total. The van der Waals surface area contributed by atoms with Crippen LogP contribution < -0.4 is 0 Å². The van der Waals surface area contributed by atoms with Gasteiger partial charge >= 0.3 is 6.18 Å². The van der Waals surface area contributed by atoms with Crippen LogP contribution in [0.4, 0.5) is 13.2 Å². The Labute approximate surface area is 77.0 Å². The maximum absolute atomic E-state index is 12.3. The Morgan fingerprint density at radius 1 is 1.50 bits per heavy atom. The van der Waals surface area contributed by atoms with Crippen molar-refractivity contribution in [2.24, 2.45) is 5.11 Å². The maximum atomic E-state index is 12.3. The van der Waals surface area contributed by atoms with E-state index in [-0.39, 0.29) is 5.69 Å². The Hall–Kier alpha value is -1.75. The SMILES string of the molecule is [N-]=[N+]=NCc1ncccc1C(F)(F)F. The minimum Gasteiger partial charge on any atom is -0.261 e. The van der Waals surface area contributed by atoms with Gasteiger partial charge in [0.05, 0.1) is 17.8 Å². The van der Waals surface area contributed by atoms with Crippen molar-refractivity contribution in [3.05, 3.63) is 40.0 Å². The first kappa shape index (κ1) is 10.3. The van der Waals surface area contributed by atoms with Crippen LogP contribution in [0.5, 0.6) is 0 Å². The van der Waals surface area contributed by atoms with Gasteiger partial charge in [0.15, 0.2) is 0 Å². The van der Waals surface area contributed by atoms with E-state index < -0.39 is 18.3 Å². The molecule has 1 aromatic rings. The zero-order chi connectivity index (χ0) is 10.6. The average molecular weight is 202 g/mol. The first-order chi connectivity index (χ1) is 6.55. The Kier molecular flexibility index (Phi) is 2.93. The van der Waals surface area contributed by atoms with Crippen LogP contribution >= 0.6 is 0 Å². The van der Waals surface area contributed by atoms with Crippen molar-refractivity contribution in [2.75, 3.05) is 0 Å². The molecule has 7 heteroatoms. The molecular formula is C7H5F3N4. The number of hydrogen-bond acceptors (Lipinski definition) is 2. The molecule has 74 valence electrons. The van der Waals surface area contributed by atoms with Crippen LogP contribution in [-0.2, 0) is 12.7 Å². The molecule has 1 rings (SSSR count). The maximum Gasteiger partial charge on any atom is 0.418 e. The molecular weight excluding hydrogens is 197 g/mol. The first-order valence-corrected chi connectivity index (χ1v) is 3.57. The van der Waals surface area contributed by atoms with Gasteiger partial charge < -0.3 is 0 Å². The van der Waals surface area contributed by atoms with Gasteiger partial charge in [0, 0.05) is 11.1 Å². The highest BCUT2D eigenvalue weighted by atomic mass is 19.4. The Morgan fingerprint density at radius 2 is 2.21 bits per heavy atom. The Bertz CT molecular complexity index is 367. The van der Waals surface area contributed by atoms with Gasteiger partial charge in [-0.1, -0.05) is 5.11 Å². The van der Waals surface area contributed by atoms with Gasteiger partial charge in [-0.3, -0.25) is 4.98 Å². The van der Waals surface area contributed by atoms with Crippen LogP contribution in [0, 0.1) is 0 Å². The molecule has 0 radical (unpaired) electrons. The molecule has 0 aliphatic heterocycles. The topological polar surface area (TPSA) is 61.7 Å². The predicted molar refractivity (Wildman–Crippen MR) is 42.1 cm³/mol. The third-order valence-corrected chi connectivity index (χ3v) is 1.48. The lowest BCUT2D eigenvalue weighted by Gasteiger charge is -2.09. The standard InChI is InChI=1S/C7H5F3N4/c8-7(9,10)5-2-1-3-12-6(5)4-13-14-11/h1-3H,4H2. The van der Waals surface area contributed by atoms with Crippen LogP contribution in [0.25, 0.3) is 10.4 Å². The van der Waals surface area contributed by atoms with E-state index in [9.17, 15) is 13.2 Å². The molecule has 0 aliphatic carbocycles. The third-order valence-electron chi connectivity index (χ3n) is 1.48. The van der Waals surface area contributed by atoms with Crippen molar-refractivity contribution < 1.29 is 13.2 Å². The second-order valence-corrected chi connectivity index (χ2v) is 2.38. The quantitative estimate of drug-likeness (QED) is 0.413. The highest BCUT2D eigenvalue weighted by molar-refractivity contribution is 5.22. The van der Waals surface area contributed by atoms with E-state index in [1.54, 1.807) is 0 Å². The van der Waals surface area contributed by atoms with Gasteiger partial charge in [0.25, 0.3) is 0 Å². The molecule has 0 aliphatic rings. The van der Waals surface area contributed by atoms with Crippen molar-refractivity contribution in [3.63, 3.8) is 0 Å². The van der Waals surface area contributed by atoms with E-state index >= 15 is 0 Å². The molecule has 0 atom stereocenters. The minimum atomic E-state index is -4.46. The molecule has 0 N–H and O–H groups in total. The van der Waals surface area contributed by atoms with Gasteiger partial charge in [-0.15, -0.1) is 0 Å². The number of alkyl halides is 3. The van der Waals surface area contributed by atoms with E-state index in [4.69, 9.17) is 5.53 Å². The van der Waals surface area contributed by atoms with Crippen molar-refractivity contribution in [2.45, 2.75) is 12.7 Å². The summed E-state index contributed by atoms with van der Waals surface area (Å²) >= 11 is 0. The van der Waals surface area contributed by atoms with Crippen LogP contribution in [0.2, 0.25) is 0 Å². The highest BCUT2D eigenvalue weighted by Gasteiger charge is 2.33. The zero-order valence-corrected chi connectivity index (χ0v) is 6.86. The lowest BCUT2D eigenvalue weighted by Crippen LogP contribution is -2.09. The lowest BCUT2D eigenvalue weighted by molar-refractivity contribution is -0.138. The molecule has 1 aromatic heterocycles. The molecule has 0 spiro atoms. The fourth-order valence-corrected chi connectivity index (χ4v) is 0.921. The lowest BCUT2D eigenvalue weighted by atomic mass is 10.2. The van der Waals surface area contributed by atoms with Crippen LogP contribution in [-0.4, -0.2) is 4.98 Å². The van der Waals surface area contributed by atoms with E-state index in [1.807, 2.05) is 0 Å². The second-order valence-electron chi connectivity index (χ2n) is 2.38. The van der Waals surface area contributed by atoms with Crippen molar-refractivity contribution in [3.8, 4) is 0 Å². The summed E-state index contributed by atoms with van der Waals surface area (Å²) in [5.74, 6) is 0. The monoisotopic (exact) mass is 202 g/mol. The summed E-state index contributed by atoms with van der Waals surface area (Å²) in [4.78, 5) is 5.87. The molecule has 0 saturated carbocycles. The molecule has 0 saturated heterocycles. The predicted octanol–water partition coefficient (Wildman–Crippen LogP) is 2.91. The Balaban J connectivity index is 3.09. The summed E-state index contributed by atoms with van der Waals surface area (Å²) in [7, 11) is 0. The number of aromatic nitrogens is 1. The number of nitrogens with zero attached hydrogens (tertiary/aromatic N) is 4. The first-order valence-electron chi connectivity index (χ1n) is 3.57. The largest absolute Gasteiger partial charge is 0.418 e. The fraction of sp³-hybridized carbons (Fsp3) is 0.286. The molecule has 14 heavy (non-hydrogen) atoms. The van der Waals surface area contributed by atoms with Crippen molar-refractivity contribution >= 4 is 0 Å². The molecule has 0 unspecified atom stereocenters. The molecule has 0 fully saturated rings. The Morgan fingerprint density at radius 3 is 2.79 bits per heavy atom. The minimum absolute atomic E-state index is 0.266. The van der Waals surface area contributed by atoms with Gasteiger partial charge in [-0.25, -0.2) is 0 Å². The molecule has 1 heterocycles. The van der Waals surface area contributed by atoms with E-state index in [0.717, 1.165) is 6.07 Å². The summed E-state index contributed by atoms with van der Waals surface area (Å²) in [6.07, 6.45) is -3.24. The fourth-order valence-electron chi connectivity index (χ4n) is 0.921. The van der Waals surface area contributed by atoms with Crippen molar-refractivity contribution in [1.29, 1.82) is 0 Å². The summed E-state index contributed by atoms with van der Waals surface area (Å²) < 4.78 is 36.9. The number of hydrogen-bond donors (Lipinski definition) is 0. The zero-order valence-electron chi connectivity index (χ0n) is 6.86. The van der Waals surface area contributed by atoms with Crippen LogP contribution in [0.15, 0.2) is 23.4 Å². The van der Waals surface area contributed by atoms with Crippen LogP contribution in [0.3, 0.4) is 0 Å². The van der Waals surface area contributed by atoms with Gasteiger partial charge in [0.2, 0.25) is 0 Å². The van der Waals surface area contributed by atoms with Gasteiger partial charge in [-0.05, 0) is 17.7 Å². The summed E-state index contributed by atoms with van der Waals surface area (Å²) in [5, 5.41) is 3.03. The average Bonchev–Trinajstić information content (AvgIpc) is 2.14. The van der Waals surface area contributed by atoms with Crippen molar-refractivity contribution in [1.82, 2.24) is 4.98 Å². The molecule has 0 amide bonds. The summed E-state index contributed by atoms with van der Waals surface area (Å²) in [6, 6.07) is 2.08. The summed E-state index contributed by atoms with van der Waals surface area (Å²) in [5.41, 5.74) is 6.84. The molecule has 0 aromatic carbocycles. The highest BCUT2D eigenvalue weighted by Crippen LogP contribution is 2.31. The van der Waals surface area contributed by atoms with E-state index in [2.05, 4.69) is 15.0 Å². The number of pyridine rings is 1. The normalized spacial score (nSPS) is 10.8. The van der Waals surface area contributed by atoms with Gasteiger partial charge in [0.1, 0.15) is 0 Å².